The number of anilines is 2. The van der Waals surface area contributed by atoms with Gasteiger partial charge in [-0.3, -0.25) is 4.68 Å². The van der Waals surface area contributed by atoms with Crippen molar-refractivity contribution in [3.8, 4) is 11.5 Å². The lowest BCUT2D eigenvalue weighted by molar-refractivity contribution is -0.0533. The molecule has 178 valence electrons. The van der Waals surface area contributed by atoms with Gasteiger partial charge in [0.15, 0.2) is 23.1 Å². The summed E-state index contributed by atoms with van der Waals surface area (Å²) in [5.74, 6) is 1.67. The fraction of sp³-hybridized carbons (Fsp3) is 0.318. The molecule has 4 aromatic heterocycles. The maximum absolute atomic E-state index is 10.3. The normalized spacial score (nSPS) is 12.6. The number of aromatic nitrogens is 6. The van der Waals surface area contributed by atoms with E-state index in [0.29, 0.717) is 22.4 Å². The number of ether oxygens (including phenoxy) is 1. The third-order valence-corrected chi connectivity index (χ3v) is 6.48. The van der Waals surface area contributed by atoms with Crippen molar-refractivity contribution in [1.29, 1.82) is 0 Å². The van der Waals surface area contributed by atoms with Crippen molar-refractivity contribution >= 4 is 34.2 Å². The van der Waals surface area contributed by atoms with Gasteiger partial charge in [-0.1, -0.05) is 17.8 Å². The zero-order chi connectivity index (χ0) is 24.5. The molecule has 0 saturated carbocycles. The SMILES string of the molecule is Cc1nn(C)c(C)c1Oc1cc(Sc2ccccn2)cnc1Nc1nc([C@H](O)C(C)(C)O)ns1. The molecule has 4 heterocycles. The maximum atomic E-state index is 10.3. The highest BCUT2D eigenvalue weighted by Gasteiger charge is 2.30. The fourth-order valence-corrected chi connectivity index (χ4v) is 4.38. The molecule has 4 aromatic rings. The largest absolute Gasteiger partial charge is 0.450 e. The van der Waals surface area contributed by atoms with Crippen LogP contribution in [-0.2, 0) is 7.05 Å². The van der Waals surface area contributed by atoms with E-state index in [4.69, 9.17) is 4.74 Å². The van der Waals surface area contributed by atoms with Gasteiger partial charge in [0, 0.05) is 41.9 Å². The number of hydrogen-bond acceptors (Lipinski definition) is 11. The van der Waals surface area contributed by atoms with E-state index >= 15 is 0 Å². The molecule has 0 aliphatic heterocycles. The number of nitrogens with zero attached hydrogens (tertiary/aromatic N) is 6. The Bertz CT molecular complexity index is 1290. The molecule has 1 atom stereocenters. The first-order valence-electron chi connectivity index (χ1n) is 10.4. The average Bonchev–Trinajstić information content (AvgIpc) is 3.34. The van der Waals surface area contributed by atoms with E-state index in [9.17, 15) is 10.2 Å². The summed E-state index contributed by atoms with van der Waals surface area (Å²) in [4.78, 5) is 14.1. The van der Waals surface area contributed by atoms with Crippen LogP contribution in [0.2, 0.25) is 0 Å². The van der Waals surface area contributed by atoms with Crippen LogP contribution in [0, 0.1) is 13.8 Å². The Labute approximate surface area is 205 Å². The third-order valence-electron chi connectivity index (χ3n) is 4.92. The summed E-state index contributed by atoms with van der Waals surface area (Å²) < 4.78 is 12.2. The first-order valence-corrected chi connectivity index (χ1v) is 12.0. The van der Waals surface area contributed by atoms with Crippen LogP contribution in [0.5, 0.6) is 11.5 Å². The highest BCUT2D eigenvalue weighted by molar-refractivity contribution is 7.99. The van der Waals surface area contributed by atoms with Crippen molar-refractivity contribution < 1.29 is 14.9 Å². The molecule has 10 nitrogen and oxygen atoms in total. The van der Waals surface area contributed by atoms with Gasteiger partial charge in [-0.05, 0) is 39.8 Å². The Morgan fingerprint density at radius 2 is 2.03 bits per heavy atom. The Morgan fingerprint density at radius 1 is 1.24 bits per heavy atom. The van der Waals surface area contributed by atoms with Crippen LogP contribution in [0.15, 0.2) is 46.6 Å². The Kier molecular flexibility index (Phi) is 6.84. The molecular weight excluding hydrogens is 474 g/mol. The molecule has 0 bridgehead atoms. The first kappa shape index (κ1) is 24.1. The lowest BCUT2D eigenvalue weighted by Crippen LogP contribution is -2.29. The Hall–Kier alpha value is -3.06. The number of pyridine rings is 2. The maximum Gasteiger partial charge on any atom is 0.208 e. The van der Waals surface area contributed by atoms with Crippen molar-refractivity contribution in [1.82, 2.24) is 29.1 Å². The molecule has 0 radical (unpaired) electrons. The average molecular weight is 500 g/mol. The van der Waals surface area contributed by atoms with Crippen molar-refractivity contribution in [2.45, 2.75) is 49.3 Å². The van der Waals surface area contributed by atoms with Crippen molar-refractivity contribution in [3.63, 3.8) is 0 Å². The summed E-state index contributed by atoms with van der Waals surface area (Å²) in [6.07, 6.45) is 2.23. The van der Waals surface area contributed by atoms with Crippen LogP contribution in [0.4, 0.5) is 10.9 Å². The van der Waals surface area contributed by atoms with Gasteiger partial charge in [-0.25, -0.2) is 15.0 Å². The number of aliphatic hydroxyl groups is 2. The summed E-state index contributed by atoms with van der Waals surface area (Å²) >= 11 is 2.51. The Balaban J connectivity index is 1.66. The minimum atomic E-state index is -1.37. The highest BCUT2D eigenvalue weighted by Crippen LogP contribution is 2.38. The fourth-order valence-electron chi connectivity index (χ4n) is 3.01. The van der Waals surface area contributed by atoms with Crippen LogP contribution in [-0.4, -0.2) is 44.9 Å². The smallest absolute Gasteiger partial charge is 0.208 e. The van der Waals surface area contributed by atoms with Gasteiger partial charge in [-0.15, -0.1) is 0 Å². The van der Waals surface area contributed by atoms with Gasteiger partial charge in [0.05, 0.1) is 11.3 Å². The number of aliphatic hydroxyl groups excluding tert-OH is 1. The number of nitrogens with one attached hydrogen (secondary N) is 1. The topological polar surface area (TPSA) is 131 Å². The van der Waals surface area contributed by atoms with Gasteiger partial charge >= 0.3 is 0 Å². The molecule has 3 N–H and O–H groups in total. The molecule has 0 aromatic carbocycles. The van der Waals surface area contributed by atoms with E-state index in [1.54, 1.807) is 17.1 Å². The standard InChI is InChI=1S/C22H25N7O3S2/c1-12-17(13(2)29(5)27-12)32-15-10-14(33-16-8-6-7-9-23-16)11-24-19(15)25-21-26-20(28-34-21)18(30)22(3,4)31/h6-11,18,30-31H,1-5H3,(H,24,25,26,28)/t18-/m0/s1. The van der Waals surface area contributed by atoms with E-state index in [0.717, 1.165) is 32.8 Å². The molecule has 0 saturated heterocycles. The summed E-state index contributed by atoms with van der Waals surface area (Å²) in [6.45, 7) is 6.80. The van der Waals surface area contributed by atoms with Crippen LogP contribution in [0.1, 0.15) is 37.2 Å². The zero-order valence-corrected chi connectivity index (χ0v) is 21.0. The Morgan fingerprint density at radius 3 is 2.68 bits per heavy atom. The lowest BCUT2D eigenvalue weighted by Gasteiger charge is -2.21. The van der Waals surface area contributed by atoms with Crippen molar-refractivity contribution in [2.75, 3.05) is 5.32 Å². The van der Waals surface area contributed by atoms with E-state index in [1.165, 1.54) is 25.6 Å². The molecule has 0 amide bonds. The van der Waals surface area contributed by atoms with Gasteiger partial charge in [0.2, 0.25) is 5.13 Å². The van der Waals surface area contributed by atoms with Crippen LogP contribution < -0.4 is 10.1 Å². The second kappa shape index (κ2) is 9.66. The predicted molar refractivity (Wildman–Crippen MR) is 130 cm³/mol. The van der Waals surface area contributed by atoms with E-state index < -0.39 is 11.7 Å². The molecule has 0 aliphatic carbocycles. The van der Waals surface area contributed by atoms with E-state index in [2.05, 4.69) is 29.7 Å². The third kappa shape index (κ3) is 5.36. The number of aryl methyl sites for hydroxylation is 2. The molecular formula is C22H25N7O3S2. The second-order valence-corrected chi connectivity index (χ2v) is 10.00. The lowest BCUT2D eigenvalue weighted by atomic mass is 10.0. The van der Waals surface area contributed by atoms with Crippen LogP contribution >= 0.6 is 23.3 Å². The molecule has 34 heavy (non-hydrogen) atoms. The summed E-state index contributed by atoms with van der Waals surface area (Å²) in [5, 5.41) is 29.1. The minimum absolute atomic E-state index is 0.128. The molecule has 12 heteroatoms. The van der Waals surface area contributed by atoms with Crippen LogP contribution in [0.3, 0.4) is 0 Å². The number of hydrogen-bond donors (Lipinski definition) is 3. The van der Waals surface area contributed by atoms with Gasteiger partial charge in [0.1, 0.15) is 16.8 Å². The predicted octanol–water partition coefficient (Wildman–Crippen LogP) is 4.17. The van der Waals surface area contributed by atoms with E-state index in [1.807, 2.05) is 45.2 Å². The highest BCUT2D eigenvalue weighted by atomic mass is 32.2. The van der Waals surface area contributed by atoms with Gasteiger partial charge < -0.3 is 20.3 Å². The summed E-state index contributed by atoms with van der Waals surface area (Å²) in [5.41, 5.74) is 0.253. The molecule has 0 aliphatic rings. The zero-order valence-electron chi connectivity index (χ0n) is 19.3. The molecule has 4 rings (SSSR count). The van der Waals surface area contributed by atoms with Gasteiger partial charge in [-0.2, -0.15) is 9.47 Å². The molecule has 0 unspecified atom stereocenters. The van der Waals surface area contributed by atoms with Gasteiger partial charge in [0.25, 0.3) is 0 Å². The minimum Gasteiger partial charge on any atom is -0.450 e. The molecule has 0 fully saturated rings. The van der Waals surface area contributed by atoms with Crippen molar-refractivity contribution in [2.24, 2.45) is 7.05 Å². The van der Waals surface area contributed by atoms with E-state index in [-0.39, 0.29) is 5.82 Å². The van der Waals surface area contributed by atoms with Crippen molar-refractivity contribution in [3.05, 3.63) is 53.9 Å². The summed E-state index contributed by atoms with van der Waals surface area (Å²) in [6, 6.07) is 7.58. The summed E-state index contributed by atoms with van der Waals surface area (Å²) in [7, 11) is 1.86. The van der Waals surface area contributed by atoms with Crippen LogP contribution in [0.25, 0.3) is 0 Å². The monoisotopic (exact) mass is 499 g/mol. The second-order valence-electron chi connectivity index (χ2n) is 8.15. The number of rotatable bonds is 8. The first-order chi connectivity index (χ1) is 16.1. The molecule has 0 spiro atoms. The quantitative estimate of drug-likeness (QED) is 0.324.